The van der Waals surface area contributed by atoms with Crippen LogP contribution in [0.1, 0.15) is 160 Å². The Bertz CT molecular complexity index is 2070. The normalized spacial score (nSPS) is 15.3. The van der Waals surface area contributed by atoms with Gasteiger partial charge in [0.2, 0.25) is 0 Å². The van der Waals surface area contributed by atoms with Gasteiger partial charge in [0.1, 0.15) is 12.2 Å². The second-order valence-corrected chi connectivity index (χ2v) is 14.7. The van der Waals surface area contributed by atoms with Gasteiger partial charge in [0.25, 0.3) is 0 Å². The summed E-state index contributed by atoms with van der Waals surface area (Å²) in [5.41, 5.74) is 11.3. The number of unbranched alkanes of at least 4 members (excludes halogenated alkanes) is 9. The molecule has 2 aliphatic rings. The summed E-state index contributed by atoms with van der Waals surface area (Å²) < 4.78 is 0. The lowest BCUT2D eigenvalue weighted by Gasteiger charge is -2.13. The lowest BCUT2D eigenvalue weighted by molar-refractivity contribution is 0.0245. The number of benzene rings is 1. The van der Waals surface area contributed by atoms with E-state index in [0.29, 0.717) is 17.8 Å². The van der Waals surface area contributed by atoms with E-state index in [4.69, 9.17) is 9.97 Å². The second kappa shape index (κ2) is 18.0. The Kier molecular flexibility index (Phi) is 13.0. The monoisotopic (exact) mass is 716 g/mol. The Balaban J connectivity index is 1.68. The van der Waals surface area contributed by atoms with E-state index in [9.17, 15) is 20.1 Å². The number of hydrogen-bond donors (Lipinski definition) is 5. The first kappa shape index (κ1) is 38.2. The average Bonchev–Trinajstić information content (AvgIpc) is 3.99. The maximum atomic E-state index is 11.8. The Hall–Kier alpha value is -4.53. The van der Waals surface area contributed by atoms with Crippen molar-refractivity contribution in [2.75, 3.05) is 0 Å². The quantitative estimate of drug-likeness (QED) is 0.0608. The third-order valence-corrected chi connectivity index (χ3v) is 10.8. The molecule has 5 N–H and O–H groups in total. The molecule has 0 saturated heterocycles. The van der Waals surface area contributed by atoms with Crippen LogP contribution in [-0.2, 0) is 19.3 Å². The summed E-state index contributed by atoms with van der Waals surface area (Å²) in [5.74, 6) is -0.971. The molecular weight excluding hydrogens is 661 g/mol. The van der Waals surface area contributed by atoms with E-state index in [-0.39, 0.29) is 5.56 Å². The Labute approximate surface area is 313 Å². The summed E-state index contributed by atoms with van der Waals surface area (Å²) >= 11 is 0. The number of carboxylic acid groups (broad SMARTS) is 1. The van der Waals surface area contributed by atoms with Crippen molar-refractivity contribution < 1.29 is 20.1 Å². The van der Waals surface area contributed by atoms with Gasteiger partial charge in [0.15, 0.2) is 0 Å². The van der Waals surface area contributed by atoms with Crippen molar-refractivity contribution in [3.8, 4) is 11.1 Å². The van der Waals surface area contributed by atoms with Gasteiger partial charge in [0, 0.05) is 33.2 Å². The first-order chi connectivity index (χ1) is 25.8. The highest BCUT2D eigenvalue weighted by atomic mass is 16.4. The number of carbonyl (C=O) groups is 1. The van der Waals surface area contributed by atoms with E-state index in [0.717, 1.165) is 145 Å². The number of aliphatic hydroxyl groups is 2. The maximum absolute atomic E-state index is 11.8. The molecule has 0 spiro atoms. The second-order valence-electron chi connectivity index (χ2n) is 14.7. The van der Waals surface area contributed by atoms with Crippen LogP contribution in [0.5, 0.6) is 0 Å². The number of rotatable bonds is 17. The largest absolute Gasteiger partial charge is 0.478 e. The first-order valence-electron chi connectivity index (χ1n) is 20.0. The molecule has 0 amide bonds. The fourth-order valence-electron chi connectivity index (χ4n) is 7.80. The van der Waals surface area contributed by atoms with E-state index in [1.165, 1.54) is 6.42 Å². The number of hydrogen-bond acceptors (Lipinski definition) is 5. The number of aryl methyl sites for hydroxylation is 3. The molecule has 280 valence electrons. The third-order valence-electron chi connectivity index (χ3n) is 10.8. The maximum Gasteiger partial charge on any atom is 0.335 e. The number of aliphatic hydroxyl groups excluding tert-OH is 2. The molecule has 53 heavy (non-hydrogen) atoms. The topological polar surface area (TPSA) is 135 Å². The van der Waals surface area contributed by atoms with Crippen molar-refractivity contribution in [3.63, 3.8) is 0 Å². The number of fused-ring (bicyclic) bond motifs is 8. The molecule has 2 unspecified atom stereocenters. The molecule has 3 aromatic heterocycles. The van der Waals surface area contributed by atoms with E-state index >= 15 is 0 Å². The lowest BCUT2D eigenvalue weighted by Crippen LogP contribution is -2.07. The van der Waals surface area contributed by atoms with Crippen LogP contribution in [0.3, 0.4) is 0 Å². The molecular formula is C45H56N4O4. The number of aromatic nitrogens is 4. The van der Waals surface area contributed by atoms with E-state index in [1.807, 2.05) is 24.3 Å². The summed E-state index contributed by atoms with van der Waals surface area (Å²) in [6.07, 6.45) is 17.2. The number of carboxylic acids is 1. The van der Waals surface area contributed by atoms with Crippen molar-refractivity contribution in [3.05, 3.63) is 93.6 Å². The highest BCUT2D eigenvalue weighted by molar-refractivity contribution is 5.93. The Morgan fingerprint density at radius 1 is 0.566 bits per heavy atom. The van der Waals surface area contributed by atoms with E-state index in [1.54, 1.807) is 12.1 Å². The summed E-state index contributed by atoms with van der Waals surface area (Å²) in [5, 5.41) is 33.2. The molecule has 6 rings (SSSR count). The van der Waals surface area contributed by atoms with Crippen LogP contribution >= 0.6 is 0 Å². The Morgan fingerprint density at radius 3 is 1.53 bits per heavy atom. The number of aromatic amines is 2. The standard InChI is InChI=1S/C45H56N4O4/c1-4-7-10-13-16-31-34-23-24-36(46-34)32(17-14-11-8-5-2)41-43(50)44(51)42(49-41)33(18-15-12-9-6-3)37-26-28-39(48-37)40(38-27-25-35(31)47-38)29-19-21-30(22-20-29)45(52)53/h19-28,43-44,46,48,50-51H,4-18H2,1-3H3,(H,52,53). The first-order valence-corrected chi connectivity index (χ1v) is 20.0. The molecule has 1 aromatic carbocycles. The molecule has 8 bridgehead atoms. The fraction of sp³-hybridized carbons (Fsp3) is 0.444. The summed E-state index contributed by atoms with van der Waals surface area (Å²) in [6, 6.07) is 15.3. The molecule has 2 atom stereocenters. The molecule has 2 aliphatic heterocycles. The summed E-state index contributed by atoms with van der Waals surface area (Å²) in [7, 11) is 0. The zero-order valence-electron chi connectivity index (χ0n) is 31.7. The predicted octanol–water partition coefficient (Wildman–Crippen LogP) is 11.0. The number of nitrogens with zero attached hydrogens (tertiary/aromatic N) is 2. The highest BCUT2D eigenvalue weighted by Gasteiger charge is 2.33. The van der Waals surface area contributed by atoms with Gasteiger partial charge in [0.05, 0.1) is 28.3 Å². The smallest absolute Gasteiger partial charge is 0.335 e. The highest BCUT2D eigenvalue weighted by Crippen LogP contribution is 2.39. The van der Waals surface area contributed by atoms with E-state index in [2.05, 4.69) is 55.0 Å². The van der Waals surface area contributed by atoms with Crippen LogP contribution < -0.4 is 0 Å². The molecule has 8 heteroatoms. The summed E-state index contributed by atoms with van der Waals surface area (Å²) in [4.78, 5) is 29.6. The molecule has 0 aliphatic carbocycles. The Morgan fingerprint density at radius 2 is 1.02 bits per heavy atom. The summed E-state index contributed by atoms with van der Waals surface area (Å²) in [6.45, 7) is 6.62. The number of nitrogens with one attached hydrogen (secondary N) is 2. The average molecular weight is 717 g/mol. The lowest BCUT2D eigenvalue weighted by atomic mass is 9.98. The van der Waals surface area contributed by atoms with Gasteiger partial charge in [-0.3, -0.25) is 4.98 Å². The van der Waals surface area contributed by atoms with Crippen molar-refractivity contribution in [1.29, 1.82) is 0 Å². The fourth-order valence-corrected chi connectivity index (χ4v) is 7.80. The SMILES string of the molecule is CCCCCCc1c2nc(c(-c3ccc(C(=O)O)cc3)c3ccc([nH]3)c(CCCCCC)c3nc(c(CCCCCC)c4ccc1[nH]4)C(O)C3O)C=C2. The van der Waals surface area contributed by atoms with Crippen molar-refractivity contribution in [2.24, 2.45) is 0 Å². The zero-order chi connectivity index (χ0) is 37.3. The van der Waals surface area contributed by atoms with Crippen LogP contribution in [0, 0.1) is 0 Å². The van der Waals surface area contributed by atoms with Gasteiger partial charge in [-0.15, -0.1) is 0 Å². The third kappa shape index (κ3) is 8.66. The van der Waals surface area contributed by atoms with Crippen LogP contribution in [0.2, 0.25) is 0 Å². The van der Waals surface area contributed by atoms with Gasteiger partial charge in [-0.1, -0.05) is 90.7 Å². The molecule has 0 radical (unpaired) electrons. The molecule has 0 saturated carbocycles. The molecule has 4 aromatic rings. The number of H-pyrrole nitrogens is 2. The van der Waals surface area contributed by atoms with Crippen LogP contribution in [0.15, 0.2) is 48.5 Å². The minimum absolute atomic E-state index is 0.221. The molecule has 0 fully saturated rings. The van der Waals surface area contributed by atoms with Gasteiger partial charge in [-0.05, 0) is 104 Å². The van der Waals surface area contributed by atoms with Crippen LogP contribution in [-0.4, -0.2) is 41.2 Å². The molecule has 8 nitrogen and oxygen atoms in total. The predicted molar refractivity (Wildman–Crippen MR) is 216 cm³/mol. The van der Waals surface area contributed by atoms with Gasteiger partial charge in [-0.25, -0.2) is 9.78 Å². The van der Waals surface area contributed by atoms with Gasteiger partial charge >= 0.3 is 5.97 Å². The van der Waals surface area contributed by atoms with Crippen molar-refractivity contribution in [1.82, 2.24) is 19.9 Å². The van der Waals surface area contributed by atoms with Crippen molar-refractivity contribution >= 4 is 40.2 Å². The minimum Gasteiger partial charge on any atom is -0.478 e. The zero-order valence-corrected chi connectivity index (χ0v) is 31.7. The van der Waals surface area contributed by atoms with Gasteiger partial charge in [-0.2, -0.15) is 0 Å². The molecule has 5 heterocycles. The van der Waals surface area contributed by atoms with E-state index < -0.39 is 18.2 Å². The van der Waals surface area contributed by atoms with Crippen LogP contribution in [0.4, 0.5) is 0 Å². The van der Waals surface area contributed by atoms with Crippen LogP contribution in [0.25, 0.3) is 45.3 Å². The minimum atomic E-state index is -1.15. The number of aromatic carboxylic acids is 1. The van der Waals surface area contributed by atoms with Crippen molar-refractivity contribution in [2.45, 2.75) is 129 Å². The van der Waals surface area contributed by atoms with Gasteiger partial charge < -0.3 is 25.3 Å².